The van der Waals surface area contributed by atoms with Gasteiger partial charge in [0.2, 0.25) is 0 Å². The van der Waals surface area contributed by atoms with Gasteiger partial charge in [0.15, 0.2) is 0 Å². The summed E-state index contributed by atoms with van der Waals surface area (Å²) in [5, 5.41) is 0.726. The van der Waals surface area contributed by atoms with Crippen LogP contribution in [0.3, 0.4) is 0 Å². The molecule has 118 valence electrons. The first-order valence-electron chi connectivity index (χ1n) is 7.77. The Kier molecular flexibility index (Phi) is 5.50. The van der Waals surface area contributed by atoms with Gasteiger partial charge in [0, 0.05) is 16.0 Å². The normalized spacial score (nSPS) is 28.3. The smallest absolute Gasteiger partial charge is 0.0576 e. The van der Waals surface area contributed by atoms with E-state index in [1.807, 2.05) is 12.1 Å². The molecule has 2 nitrogen and oxygen atoms in total. The van der Waals surface area contributed by atoms with Crippen LogP contribution in [-0.2, 0) is 10.8 Å². The first-order chi connectivity index (χ1) is 9.85. The summed E-state index contributed by atoms with van der Waals surface area (Å²) in [7, 11) is -1.05. The molecule has 2 rings (SSSR count). The van der Waals surface area contributed by atoms with E-state index in [1.165, 1.54) is 0 Å². The van der Waals surface area contributed by atoms with E-state index in [0.717, 1.165) is 30.6 Å². The highest BCUT2D eigenvalue weighted by Gasteiger charge is 2.38. The molecule has 0 bridgehead atoms. The molecule has 4 atom stereocenters. The lowest BCUT2D eigenvalue weighted by Crippen LogP contribution is -2.45. The van der Waals surface area contributed by atoms with Gasteiger partial charge < -0.3 is 5.73 Å². The Morgan fingerprint density at radius 1 is 1.29 bits per heavy atom. The molecule has 0 heterocycles. The summed E-state index contributed by atoms with van der Waals surface area (Å²) in [5.41, 5.74) is 6.57. The molecular weight excluding hydrogens is 302 g/mol. The fourth-order valence-corrected chi connectivity index (χ4v) is 4.88. The van der Waals surface area contributed by atoms with Crippen molar-refractivity contribution in [1.29, 1.82) is 0 Å². The molecule has 0 amide bonds. The second kappa shape index (κ2) is 6.80. The Balaban J connectivity index is 2.16. The van der Waals surface area contributed by atoms with Gasteiger partial charge in [-0.05, 0) is 54.9 Å². The number of hydrogen-bond acceptors (Lipinski definition) is 2. The van der Waals surface area contributed by atoms with Crippen molar-refractivity contribution in [2.45, 2.75) is 62.6 Å². The number of hydrogen-bond donors (Lipinski definition) is 1. The number of halogens is 1. The van der Waals surface area contributed by atoms with Crippen LogP contribution >= 0.6 is 11.6 Å². The summed E-state index contributed by atoms with van der Waals surface area (Å²) in [4.78, 5) is 0.842. The summed E-state index contributed by atoms with van der Waals surface area (Å²) in [6, 6.07) is 7.36. The van der Waals surface area contributed by atoms with Crippen LogP contribution in [0.15, 0.2) is 29.2 Å². The summed E-state index contributed by atoms with van der Waals surface area (Å²) in [5.74, 6) is 0.601. The van der Waals surface area contributed by atoms with E-state index in [2.05, 4.69) is 20.8 Å². The lowest BCUT2D eigenvalue weighted by Gasteiger charge is -2.41. The van der Waals surface area contributed by atoms with Crippen molar-refractivity contribution in [3.8, 4) is 0 Å². The fraction of sp³-hybridized carbons (Fsp3) is 0.647. The molecule has 4 heteroatoms. The van der Waals surface area contributed by atoms with Crippen molar-refractivity contribution in [1.82, 2.24) is 0 Å². The minimum Gasteiger partial charge on any atom is -0.327 e. The zero-order valence-electron chi connectivity index (χ0n) is 13.1. The van der Waals surface area contributed by atoms with Gasteiger partial charge in [-0.2, -0.15) is 0 Å². The van der Waals surface area contributed by atoms with Crippen molar-refractivity contribution in [3.63, 3.8) is 0 Å². The van der Waals surface area contributed by atoms with Crippen LogP contribution in [0, 0.1) is 11.3 Å². The molecule has 1 aromatic carbocycles. The SMILES string of the molecule is CCC(C)(C)C1CCC(N)C(S(=O)c2ccc(Cl)cc2)C1. The standard InChI is InChI=1S/C17H26ClNOS/c1-4-17(2,3)12-5-10-15(19)16(11-12)21(20)14-8-6-13(18)7-9-14/h6-9,12,15-16H,4-5,10-11,19H2,1-3H3. The zero-order chi connectivity index (χ0) is 15.6. The van der Waals surface area contributed by atoms with Gasteiger partial charge in [-0.15, -0.1) is 0 Å². The molecule has 0 aromatic heterocycles. The minimum atomic E-state index is -1.05. The third-order valence-corrected chi connectivity index (χ3v) is 7.26. The Hall–Kier alpha value is -0.380. The van der Waals surface area contributed by atoms with Crippen LogP contribution in [0.2, 0.25) is 5.02 Å². The monoisotopic (exact) mass is 327 g/mol. The maximum atomic E-state index is 12.9. The van der Waals surface area contributed by atoms with Crippen molar-refractivity contribution in [2.75, 3.05) is 0 Å². The van der Waals surface area contributed by atoms with Crippen LogP contribution in [0.4, 0.5) is 0 Å². The van der Waals surface area contributed by atoms with Crippen LogP contribution < -0.4 is 5.73 Å². The van der Waals surface area contributed by atoms with E-state index in [9.17, 15) is 4.21 Å². The largest absolute Gasteiger partial charge is 0.327 e. The highest BCUT2D eigenvalue weighted by molar-refractivity contribution is 7.85. The number of rotatable bonds is 4. The van der Waals surface area contributed by atoms with Gasteiger partial charge in [-0.1, -0.05) is 38.8 Å². The predicted molar refractivity (Wildman–Crippen MR) is 91.0 cm³/mol. The average Bonchev–Trinajstić information content (AvgIpc) is 2.47. The van der Waals surface area contributed by atoms with E-state index in [0.29, 0.717) is 16.4 Å². The first kappa shape index (κ1) is 17.0. The number of nitrogens with two attached hydrogens (primary N) is 1. The van der Waals surface area contributed by atoms with Crippen LogP contribution in [0.1, 0.15) is 46.5 Å². The van der Waals surface area contributed by atoms with Gasteiger partial charge in [0.25, 0.3) is 0 Å². The van der Waals surface area contributed by atoms with E-state index < -0.39 is 10.8 Å². The summed E-state index contributed by atoms with van der Waals surface area (Å²) < 4.78 is 12.9. The topological polar surface area (TPSA) is 43.1 Å². The summed E-state index contributed by atoms with van der Waals surface area (Å²) in [6.07, 6.45) is 4.22. The minimum absolute atomic E-state index is 0.0328. The second-order valence-corrected chi connectivity index (χ2v) is 8.91. The average molecular weight is 328 g/mol. The van der Waals surface area contributed by atoms with Gasteiger partial charge in [0.05, 0.1) is 16.0 Å². The maximum absolute atomic E-state index is 12.9. The van der Waals surface area contributed by atoms with Gasteiger partial charge in [0.1, 0.15) is 0 Å². The molecule has 4 unspecified atom stereocenters. The quantitative estimate of drug-likeness (QED) is 0.891. The molecule has 2 N–H and O–H groups in total. The number of benzene rings is 1. The molecule has 0 spiro atoms. The zero-order valence-corrected chi connectivity index (χ0v) is 14.7. The molecule has 1 aliphatic rings. The van der Waals surface area contributed by atoms with Gasteiger partial charge >= 0.3 is 0 Å². The van der Waals surface area contributed by atoms with Crippen molar-refractivity contribution in [2.24, 2.45) is 17.1 Å². The Labute approximate surface area is 135 Å². The molecule has 1 aromatic rings. The van der Waals surface area contributed by atoms with Crippen molar-refractivity contribution < 1.29 is 4.21 Å². The lowest BCUT2D eigenvalue weighted by atomic mass is 9.69. The fourth-order valence-electron chi connectivity index (χ4n) is 3.14. The third kappa shape index (κ3) is 3.88. The molecule has 0 saturated heterocycles. The van der Waals surface area contributed by atoms with E-state index in [1.54, 1.807) is 12.1 Å². The van der Waals surface area contributed by atoms with Gasteiger partial charge in [-0.3, -0.25) is 4.21 Å². The van der Waals surface area contributed by atoms with E-state index in [4.69, 9.17) is 17.3 Å². The molecule has 1 aliphatic carbocycles. The second-order valence-electron chi connectivity index (χ2n) is 6.81. The van der Waals surface area contributed by atoms with Crippen LogP contribution in [0.25, 0.3) is 0 Å². The molecule has 0 aliphatic heterocycles. The third-order valence-electron chi connectivity index (χ3n) is 5.18. The highest BCUT2D eigenvalue weighted by Crippen LogP contribution is 2.42. The summed E-state index contributed by atoms with van der Waals surface area (Å²) >= 11 is 5.91. The predicted octanol–water partition coefficient (Wildman–Crippen LogP) is 4.38. The van der Waals surface area contributed by atoms with Gasteiger partial charge in [-0.25, -0.2) is 0 Å². The Bertz CT molecular complexity index is 500. The lowest BCUT2D eigenvalue weighted by molar-refractivity contribution is 0.147. The molecule has 1 saturated carbocycles. The Morgan fingerprint density at radius 3 is 2.48 bits per heavy atom. The Morgan fingerprint density at radius 2 is 1.90 bits per heavy atom. The highest BCUT2D eigenvalue weighted by atomic mass is 35.5. The van der Waals surface area contributed by atoms with Crippen molar-refractivity contribution >= 4 is 22.4 Å². The molecule has 0 radical (unpaired) electrons. The van der Waals surface area contributed by atoms with E-state index in [-0.39, 0.29) is 11.3 Å². The molecular formula is C17H26ClNOS. The molecule has 21 heavy (non-hydrogen) atoms. The van der Waals surface area contributed by atoms with E-state index >= 15 is 0 Å². The summed E-state index contributed by atoms with van der Waals surface area (Å²) in [6.45, 7) is 6.87. The maximum Gasteiger partial charge on any atom is 0.0576 e. The van der Waals surface area contributed by atoms with Crippen molar-refractivity contribution in [3.05, 3.63) is 29.3 Å². The first-order valence-corrected chi connectivity index (χ1v) is 9.36. The molecule has 1 fully saturated rings. The van der Waals surface area contributed by atoms with Crippen LogP contribution in [0.5, 0.6) is 0 Å². The van der Waals surface area contributed by atoms with Crippen LogP contribution in [-0.4, -0.2) is 15.5 Å².